The lowest BCUT2D eigenvalue weighted by Gasteiger charge is -2.31. The van der Waals surface area contributed by atoms with Gasteiger partial charge in [-0.15, -0.1) is 0 Å². The molecule has 24 heavy (non-hydrogen) atoms. The van der Waals surface area contributed by atoms with Crippen molar-refractivity contribution in [1.82, 2.24) is 0 Å². The minimum Gasteiger partial charge on any atom is -0.377 e. The van der Waals surface area contributed by atoms with Crippen molar-refractivity contribution in [2.75, 3.05) is 28.4 Å². The van der Waals surface area contributed by atoms with Gasteiger partial charge in [0, 0.05) is 28.4 Å². The van der Waals surface area contributed by atoms with Crippen LogP contribution in [0.5, 0.6) is 0 Å². The molecule has 2 fully saturated rings. The first-order valence-electron chi connectivity index (χ1n) is 8.52. The Balaban J connectivity index is 2.01. The van der Waals surface area contributed by atoms with Crippen LogP contribution >= 0.6 is 15.8 Å². The maximum Gasteiger partial charge on any atom is 0.0829 e. The van der Waals surface area contributed by atoms with Gasteiger partial charge in [-0.1, -0.05) is 24.3 Å². The average Bonchev–Trinajstić information content (AvgIpc) is 3.24. The molecule has 4 nitrogen and oxygen atoms in total. The van der Waals surface area contributed by atoms with E-state index >= 15 is 0 Å². The standard InChI is InChI=1S/C18H28O4P2/c1-19-15-9-10-16(20-2)23(15)13-7-5-6-8-14(13)24-17(21-3)11-12-18(24)22-4/h5-8,15-18H,9-12H2,1-4H3/t15-,16-,17-,18-/m1/s1. The summed E-state index contributed by atoms with van der Waals surface area (Å²) in [7, 11) is 6.34. The Morgan fingerprint density at radius 2 is 0.917 bits per heavy atom. The van der Waals surface area contributed by atoms with Crippen LogP contribution < -0.4 is 10.6 Å². The number of rotatable bonds is 6. The van der Waals surface area contributed by atoms with Crippen LogP contribution in [0.25, 0.3) is 0 Å². The van der Waals surface area contributed by atoms with Crippen molar-refractivity contribution < 1.29 is 18.9 Å². The van der Waals surface area contributed by atoms with Crippen molar-refractivity contribution in [3.8, 4) is 0 Å². The lowest BCUT2D eigenvalue weighted by Crippen LogP contribution is -2.31. The van der Waals surface area contributed by atoms with E-state index in [1.165, 1.54) is 10.6 Å². The van der Waals surface area contributed by atoms with Gasteiger partial charge in [0.2, 0.25) is 0 Å². The Bertz CT molecular complexity index is 471. The fraction of sp³-hybridized carbons (Fsp3) is 0.667. The molecule has 0 aromatic heterocycles. The molecular weight excluding hydrogens is 342 g/mol. The second kappa shape index (κ2) is 8.54. The van der Waals surface area contributed by atoms with E-state index < -0.39 is 15.8 Å². The minimum atomic E-state index is -0.492. The summed E-state index contributed by atoms with van der Waals surface area (Å²) in [6, 6.07) is 8.86. The Labute approximate surface area is 147 Å². The van der Waals surface area contributed by atoms with Crippen molar-refractivity contribution in [1.29, 1.82) is 0 Å². The van der Waals surface area contributed by atoms with Gasteiger partial charge in [-0.2, -0.15) is 0 Å². The lowest BCUT2D eigenvalue weighted by atomic mass is 10.3. The summed E-state index contributed by atoms with van der Waals surface area (Å²) in [5.74, 6) is 1.13. The molecule has 2 aliphatic heterocycles. The Kier molecular flexibility index (Phi) is 6.65. The molecule has 6 heteroatoms. The Morgan fingerprint density at radius 3 is 1.17 bits per heavy atom. The molecule has 2 aliphatic rings. The first kappa shape index (κ1) is 18.7. The summed E-state index contributed by atoms with van der Waals surface area (Å²) in [5.41, 5.74) is 0. The molecule has 0 unspecified atom stereocenters. The molecule has 4 atom stereocenters. The molecule has 0 bridgehead atoms. The summed E-state index contributed by atoms with van der Waals surface area (Å²) in [4.78, 5) is 0. The molecular formula is C18H28O4P2. The van der Waals surface area contributed by atoms with E-state index in [1.54, 1.807) is 0 Å². The van der Waals surface area contributed by atoms with Crippen molar-refractivity contribution in [2.45, 2.75) is 49.1 Å². The van der Waals surface area contributed by atoms with Gasteiger partial charge >= 0.3 is 0 Å². The topological polar surface area (TPSA) is 36.9 Å². The number of benzene rings is 1. The van der Waals surface area contributed by atoms with Crippen molar-refractivity contribution >= 4 is 26.5 Å². The minimum absolute atomic E-state index is 0.283. The number of ether oxygens (including phenoxy) is 4. The average molecular weight is 370 g/mol. The Hall–Kier alpha value is -0.0800. The highest BCUT2D eigenvalue weighted by Gasteiger charge is 2.43. The summed E-state index contributed by atoms with van der Waals surface area (Å²) in [6.45, 7) is 0. The molecule has 0 N–H and O–H groups in total. The highest BCUT2D eigenvalue weighted by atomic mass is 31.1. The number of hydrogen-bond acceptors (Lipinski definition) is 4. The monoisotopic (exact) mass is 370 g/mol. The quantitative estimate of drug-likeness (QED) is 0.720. The van der Waals surface area contributed by atoms with Crippen LogP contribution in [-0.4, -0.2) is 51.8 Å². The van der Waals surface area contributed by atoms with Gasteiger partial charge in [0.25, 0.3) is 0 Å². The lowest BCUT2D eigenvalue weighted by molar-refractivity contribution is 0.155. The summed E-state index contributed by atoms with van der Waals surface area (Å²) in [5, 5.41) is 2.86. The van der Waals surface area contributed by atoms with E-state index in [4.69, 9.17) is 18.9 Å². The molecule has 1 aromatic carbocycles. The van der Waals surface area contributed by atoms with Crippen LogP contribution in [0.3, 0.4) is 0 Å². The van der Waals surface area contributed by atoms with Gasteiger partial charge in [0.15, 0.2) is 0 Å². The van der Waals surface area contributed by atoms with Crippen LogP contribution in [0.15, 0.2) is 24.3 Å². The Morgan fingerprint density at radius 1 is 0.625 bits per heavy atom. The van der Waals surface area contributed by atoms with Gasteiger partial charge in [0.05, 0.1) is 23.4 Å². The molecule has 0 amide bonds. The fourth-order valence-electron chi connectivity index (χ4n) is 3.94. The van der Waals surface area contributed by atoms with Gasteiger partial charge in [-0.05, 0) is 52.1 Å². The van der Waals surface area contributed by atoms with E-state index in [-0.39, 0.29) is 23.4 Å². The normalized spacial score (nSPS) is 31.8. The van der Waals surface area contributed by atoms with Crippen LogP contribution in [0, 0.1) is 0 Å². The molecule has 1 aromatic rings. The summed E-state index contributed by atoms with van der Waals surface area (Å²) in [6.07, 6.45) is 4.31. The fourth-order valence-corrected chi connectivity index (χ4v) is 10.4. The predicted molar refractivity (Wildman–Crippen MR) is 101 cm³/mol. The van der Waals surface area contributed by atoms with Crippen LogP contribution in [-0.2, 0) is 18.9 Å². The summed E-state index contributed by atoms with van der Waals surface area (Å²) >= 11 is 0. The van der Waals surface area contributed by atoms with E-state index in [9.17, 15) is 0 Å². The van der Waals surface area contributed by atoms with E-state index in [0.717, 1.165) is 25.7 Å². The highest BCUT2D eigenvalue weighted by molar-refractivity contribution is 7.73. The van der Waals surface area contributed by atoms with Crippen LogP contribution in [0.2, 0.25) is 0 Å². The largest absolute Gasteiger partial charge is 0.377 e. The molecule has 0 saturated carbocycles. The third-order valence-electron chi connectivity index (χ3n) is 5.09. The van der Waals surface area contributed by atoms with Crippen LogP contribution in [0.1, 0.15) is 25.7 Å². The van der Waals surface area contributed by atoms with Crippen molar-refractivity contribution in [3.63, 3.8) is 0 Å². The van der Waals surface area contributed by atoms with E-state index in [0.29, 0.717) is 0 Å². The first-order chi connectivity index (χ1) is 11.7. The molecule has 0 spiro atoms. The SMILES string of the molecule is CO[C@H]1CC[C@H](OC)P1c1ccccc1P1[C@@H](OC)CC[C@@H]1OC. The van der Waals surface area contributed by atoms with Gasteiger partial charge < -0.3 is 18.9 Å². The zero-order chi connectivity index (χ0) is 17.1. The van der Waals surface area contributed by atoms with E-state index in [2.05, 4.69) is 24.3 Å². The molecule has 2 saturated heterocycles. The smallest absolute Gasteiger partial charge is 0.0829 e. The number of methoxy groups -OCH3 is 4. The molecule has 3 rings (SSSR count). The maximum atomic E-state index is 5.83. The van der Waals surface area contributed by atoms with Gasteiger partial charge in [0.1, 0.15) is 0 Å². The third kappa shape index (κ3) is 3.43. The highest BCUT2D eigenvalue weighted by Crippen LogP contribution is 2.59. The molecule has 0 aliphatic carbocycles. The second-order valence-electron chi connectivity index (χ2n) is 6.22. The van der Waals surface area contributed by atoms with Crippen molar-refractivity contribution in [2.24, 2.45) is 0 Å². The number of hydrogen-bond donors (Lipinski definition) is 0. The summed E-state index contributed by atoms with van der Waals surface area (Å²) < 4.78 is 23.3. The first-order valence-corrected chi connectivity index (χ1v) is 11.5. The second-order valence-corrected chi connectivity index (χ2v) is 11.1. The zero-order valence-electron chi connectivity index (χ0n) is 15.0. The van der Waals surface area contributed by atoms with E-state index in [1.807, 2.05) is 28.4 Å². The molecule has 0 radical (unpaired) electrons. The zero-order valence-corrected chi connectivity index (χ0v) is 16.8. The molecule has 134 valence electrons. The van der Waals surface area contributed by atoms with Gasteiger partial charge in [-0.25, -0.2) is 0 Å². The van der Waals surface area contributed by atoms with Gasteiger partial charge in [-0.3, -0.25) is 0 Å². The maximum absolute atomic E-state index is 5.83. The molecule has 2 heterocycles. The third-order valence-corrected chi connectivity index (χ3v) is 11.5. The predicted octanol–water partition coefficient (Wildman–Crippen LogP) is 3.38. The van der Waals surface area contributed by atoms with Crippen LogP contribution in [0.4, 0.5) is 0 Å². The van der Waals surface area contributed by atoms with Crippen molar-refractivity contribution in [3.05, 3.63) is 24.3 Å².